The minimum Gasteiger partial charge on any atom is -0.497 e. The van der Waals surface area contributed by atoms with Crippen LogP contribution < -0.4 is 4.74 Å². The molecule has 0 spiro atoms. The molecule has 0 atom stereocenters. The Morgan fingerprint density at radius 2 is 1.79 bits per heavy atom. The summed E-state index contributed by atoms with van der Waals surface area (Å²) in [6.45, 7) is 5.98. The average molecular weight is 337 g/mol. The van der Waals surface area contributed by atoms with Gasteiger partial charge in [0.15, 0.2) is 11.0 Å². The van der Waals surface area contributed by atoms with Gasteiger partial charge in [0.2, 0.25) is 0 Å². The molecule has 0 aliphatic carbocycles. The molecule has 3 rings (SSSR count). The predicted molar refractivity (Wildman–Crippen MR) is 98.9 cm³/mol. The zero-order chi connectivity index (χ0) is 16.9. The van der Waals surface area contributed by atoms with Gasteiger partial charge in [-0.05, 0) is 43.3 Å². The van der Waals surface area contributed by atoms with E-state index >= 15 is 0 Å². The van der Waals surface area contributed by atoms with Gasteiger partial charge >= 0.3 is 0 Å². The predicted octanol–water partition coefficient (Wildman–Crippen LogP) is 4.61. The maximum atomic E-state index is 5.23. The summed E-state index contributed by atoms with van der Waals surface area (Å²) in [6.07, 6.45) is 0. The number of thioether (sulfide) groups is 1. The van der Waals surface area contributed by atoms with Crippen LogP contribution in [-0.4, -0.2) is 27.6 Å². The lowest BCUT2D eigenvalue weighted by Gasteiger charge is -2.10. The normalized spacial score (nSPS) is 10.6. The Morgan fingerprint density at radius 3 is 2.42 bits per heavy atom. The zero-order valence-corrected chi connectivity index (χ0v) is 14.6. The van der Waals surface area contributed by atoms with Crippen LogP contribution in [0.25, 0.3) is 17.1 Å². The van der Waals surface area contributed by atoms with Crippen LogP contribution in [0.2, 0.25) is 0 Å². The molecule has 1 aromatic heterocycles. The quantitative estimate of drug-likeness (QED) is 0.486. The SMILES string of the molecule is C=C(C)CSc1nnc(-c2ccc(OC)cc2)n1-c1ccccc1. The molecule has 0 unspecified atom stereocenters. The molecule has 122 valence electrons. The van der Waals surface area contributed by atoms with E-state index in [-0.39, 0.29) is 0 Å². The van der Waals surface area contributed by atoms with Gasteiger partial charge in [-0.15, -0.1) is 10.2 Å². The summed E-state index contributed by atoms with van der Waals surface area (Å²) < 4.78 is 7.31. The number of aromatic nitrogens is 3. The largest absolute Gasteiger partial charge is 0.497 e. The third kappa shape index (κ3) is 3.51. The molecule has 2 aromatic carbocycles. The van der Waals surface area contributed by atoms with E-state index in [0.717, 1.165) is 39.3 Å². The highest BCUT2D eigenvalue weighted by molar-refractivity contribution is 7.99. The van der Waals surface area contributed by atoms with Crippen molar-refractivity contribution < 1.29 is 4.74 Å². The van der Waals surface area contributed by atoms with Crippen molar-refractivity contribution in [2.24, 2.45) is 0 Å². The third-order valence-corrected chi connectivity index (χ3v) is 4.60. The lowest BCUT2D eigenvalue weighted by molar-refractivity contribution is 0.415. The second kappa shape index (κ2) is 7.36. The van der Waals surface area contributed by atoms with Crippen LogP contribution in [0, 0.1) is 0 Å². The second-order valence-corrected chi connectivity index (χ2v) is 6.39. The standard InChI is InChI=1S/C19H19N3OS/c1-14(2)13-24-19-21-20-18(15-9-11-17(23-3)12-10-15)22(19)16-7-5-4-6-8-16/h4-12H,1,13H2,2-3H3. The first kappa shape index (κ1) is 16.3. The highest BCUT2D eigenvalue weighted by Gasteiger charge is 2.16. The van der Waals surface area contributed by atoms with Crippen LogP contribution in [0.4, 0.5) is 0 Å². The van der Waals surface area contributed by atoms with E-state index in [1.807, 2.05) is 49.4 Å². The fourth-order valence-corrected chi connectivity index (χ4v) is 3.08. The van der Waals surface area contributed by atoms with Crippen molar-refractivity contribution in [2.75, 3.05) is 12.9 Å². The van der Waals surface area contributed by atoms with Gasteiger partial charge in [0.25, 0.3) is 0 Å². The molecule has 0 amide bonds. The summed E-state index contributed by atoms with van der Waals surface area (Å²) in [4.78, 5) is 0. The van der Waals surface area contributed by atoms with Gasteiger partial charge in [0, 0.05) is 17.0 Å². The number of benzene rings is 2. The molecule has 0 bridgehead atoms. The van der Waals surface area contributed by atoms with Crippen molar-refractivity contribution in [3.8, 4) is 22.8 Å². The minimum absolute atomic E-state index is 0.813. The highest BCUT2D eigenvalue weighted by Crippen LogP contribution is 2.29. The van der Waals surface area contributed by atoms with Crippen molar-refractivity contribution in [2.45, 2.75) is 12.1 Å². The Bertz CT molecular complexity index is 826. The number of hydrogen-bond donors (Lipinski definition) is 0. The van der Waals surface area contributed by atoms with Crippen LogP contribution in [0.3, 0.4) is 0 Å². The summed E-state index contributed by atoms with van der Waals surface area (Å²) in [7, 11) is 1.66. The number of ether oxygens (including phenoxy) is 1. The molecule has 0 fully saturated rings. The van der Waals surface area contributed by atoms with Gasteiger partial charge in [0.05, 0.1) is 7.11 Å². The van der Waals surface area contributed by atoms with E-state index in [2.05, 4.69) is 33.5 Å². The summed E-state index contributed by atoms with van der Waals surface area (Å²) in [6, 6.07) is 18.0. The molecule has 0 aliphatic rings. The molecule has 0 N–H and O–H groups in total. The molecule has 0 saturated carbocycles. The molecule has 0 radical (unpaired) electrons. The first-order valence-electron chi connectivity index (χ1n) is 7.61. The number of rotatable bonds is 6. The van der Waals surface area contributed by atoms with Gasteiger partial charge < -0.3 is 4.74 Å². The molecular weight excluding hydrogens is 318 g/mol. The maximum absolute atomic E-state index is 5.23. The Kier molecular flexibility index (Phi) is 5.01. The Labute approximate surface area is 146 Å². The van der Waals surface area contributed by atoms with Gasteiger partial charge in [-0.1, -0.05) is 42.1 Å². The number of methoxy groups -OCH3 is 1. The summed E-state index contributed by atoms with van der Waals surface area (Å²) in [5.74, 6) is 2.45. The molecule has 24 heavy (non-hydrogen) atoms. The molecule has 0 saturated heterocycles. The Balaban J connectivity index is 2.06. The van der Waals surface area contributed by atoms with Gasteiger partial charge in [-0.3, -0.25) is 4.57 Å². The lowest BCUT2D eigenvalue weighted by Crippen LogP contribution is -2.00. The summed E-state index contributed by atoms with van der Waals surface area (Å²) in [5, 5.41) is 9.66. The Hall–Kier alpha value is -2.53. The topological polar surface area (TPSA) is 39.9 Å². The summed E-state index contributed by atoms with van der Waals surface area (Å²) >= 11 is 1.64. The molecule has 0 aliphatic heterocycles. The van der Waals surface area contributed by atoms with Crippen molar-refractivity contribution >= 4 is 11.8 Å². The van der Waals surface area contributed by atoms with Gasteiger partial charge in [0.1, 0.15) is 5.75 Å². The van der Waals surface area contributed by atoms with E-state index in [9.17, 15) is 0 Å². The number of hydrogen-bond acceptors (Lipinski definition) is 4. The fourth-order valence-electron chi connectivity index (χ4n) is 2.29. The van der Waals surface area contributed by atoms with Crippen LogP contribution in [-0.2, 0) is 0 Å². The molecule has 4 nitrogen and oxygen atoms in total. The van der Waals surface area contributed by atoms with Crippen LogP contribution in [0.1, 0.15) is 6.92 Å². The molecular formula is C19H19N3OS. The fraction of sp³-hybridized carbons (Fsp3) is 0.158. The van der Waals surface area contributed by atoms with E-state index in [1.54, 1.807) is 18.9 Å². The molecule has 5 heteroatoms. The maximum Gasteiger partial charge on any atom is 0.196 e. The van der Waals surface area contributed by atoms with E-state index in [4.69, 9.17) is 4.74 Å². The zero-order valence-electron chi connectivity index (χ0n) is 13.8. The minimum atomic E-state index is 0.813. The van der Waals surface area contributed by atoms with Gasteiger partial charge in [-0.25, -0.2) is 0 Å². The Morgan fingerprint density at radius 1 is 1.08 bits per heavy atom. The van der Waals surface area contributed by atoms with Gasteiger partial charge in [-0.2, -0.15) is 0 Å². The third-order valence-electron chi connectivity index (χ3n) is 3.44. The van der Waals surface area contributed by atoms with Crippen LogP contribution in [0.15, 0.2) is 71.9 Å². The smallest absolute Gasteiger partial charge is 0.196 e. The van der Waals surface area contributed by atoms with E-state index in [0.29, 0.717) is 0 Å². The van der Waals surface area contributed by atoms with Crippen LogP contribution >= 0.6 is 11.8 Å². The van der Waals surface area contributed by atoms with E-state index in [1.165, 1.54) is 0 Å². The second-order valence-electron chi connectivity index (χ2n) is 5.45. The lowest BCUT2D eigenvalue weighted by atomic mass is 10.2. The monoisotopic (exact) mass is 337 g/mol. The van der Waals surface area contributed by atoms with Crippen molar-refractivity contribution in [3.63, 3.8) is 0 Å². The van der Waals surface area contributed by atoms with Crippen LogP contribution in [0.5, 0.6) is 5.75 Å². The molecule has 1 heterocycles. The first-order valence-corrected chi connectivity index (χ1v) is 8.60. The van der Waals surface area contributed by atoms with Crippen molar-refractivity contribution in [1.29, 1.82) is 0 Å². The van der Waals surface area contributed by atoms with E-state index < -0.39 is 0 Å². The van der Waals surface area contributed by atoms with Crippen molar-refractivity contribution in [3.05, 3.63) is 66.7 Å². The first-order chi connectivity index (χ1) is 11.7. The van der Waals surface area contributed by atoms with Crippen molar-refractivity contribution in [1.82, 2.24) is 14.8 Å². The number of nitrogens with zero attached hydrogens (tertiary/aromatic N) is 3. The molecule has 3 aromatic rings. The highest BCUT2D eigenvalue weighted by atomic mass is 32.2. The number of para-hydroxylation sites is 1. The average Bonchev–Trinajstić information content (AvgIpc) is 3.04. The summed E-state index contributed by atoms with van der Waals surface area (Å²) in [5.41, 5.74) is 3.14.